The van der Waals surface area contributed by atoms with Gasteiger partial charge in [0.25, 0.3) is 5.91 Å². The summed E-state index contributed by atoms with van der Waals surface area (Å²) >= 11 is 0. The molecule has 0 radical (unpaired) electrons. The van der Waals surface area contributed by atoms with E-state index in [1.165, 1.54) is 24.0 Å². The highest BCUT2D eigenvalue weighted by Gasteiger charge is 2.26. The standard InChI is InChI=1S/C31H39N3O2/c1-21-4-8-24(9-5-21)25-10-13-30-26(18-25)19-29(22(2)32-30)31(35)33-27-11-6-23(7-12-27)20-34(3)28-14-16-36-17-15-28/h4-5,8-10,13,18-19,23,27-28H,6-7,11-12,14-17,20H2,1-3H3,(H,33,35)/t23-,27-. The summed E-state index contributed by atoms with van der Waals surface area (Å²) in [6, 6.07) is 17.8. The van der Waals surface area contributed by atoms with Crippen LogP contribution in [-0.4, -0.2) is 54.7 Å². The minimum absolute atomic E-state index is 0.00501. The van der Waals surface area contributed by atoms with Crippen molar-refractivity contribution in [3.8, 4) is 11.1 Å². The van der Waals surface area contributed by atoms with Gasteiger partial charge in [-0.3, -0.25) is 9.78 Å². The Morgan fingerprint density at radius 2 is 1.64 bits per heavy atom. The summed E-state index contributed by atoms with van der Waals surface area (Å²) in [6.45, 7) is 6.97. The van der Waals surface area contributed by atoms with Gasteiger partial charge in [-0.05, 0) is 94.7 Å². The van der Waals surface area contributed by atoms with Crippen LogP contribution in [0.1, 0.15) is 60.1 Å². The molecule has 1 aliphatic heterocycles. The number of pyridine rings is 1. The number of carbonyl (C=O) groups is 1. The molecule has 2 heterocycles. The van der Waals surface area contributed by atoms with E-state index in [1.54, 1.807) is 0 Å². The zero-order chi connectivity index (χ0) is 25.1. The summed E-state index contributed by atoms with van der Waals surface area (Å²) in [7, 11) is 2.27. The molecule has 2 aromatic carbocycles. The molecule has 190 valence electrons. The predicted molar refractivity (Wildman–Crippen MR) is 146 cm³/mol. The first-order valence-electron chi connectivity index (χ1n) is 13.5. The van der Waals surface area contributed by atoms with Crippen LogP contribution in [0.15, 0.2) is 48.5 Å². The number of nitrogens with zero attached hydrogens (tertiary/aromatic N) is 2. The highest BCUT2D eigenvalue weighted by molar-refractivity contribution is 5.99. The van der Waals surface area contributed by atoms with Gasteiger partial charge in [0.2, 0.25) is 0 Å². The molecular weight excluding hydrogens is 446 g/mol. The molecule has 1 N–H and O–H groups in total. The van der Waals surface area contributed by atoms with Gasteiger partial charge in [0.1, 0.15) is 0 Å². The fourth-order valence-corrected chi connectivity index (χ4v) is 5.86. The summed E-state index contributed by atoms with van der Waals surface area (Å²) < 4.78 is 5.52. The van der Waals surface area contributed by atoms with E-state index in [1.807, 2.05) is 13.0 Å². The van der Waals surface area contributed by atoms with Crippen LogP contribution in [0.2, 0.25) is 0 Å². The average Bonchev–Trinajstić information content (AvgIpc) is 2.90. The predicted octanol–water partition coefficient (Wildman–Crippen LogP) is 5.92. The van der Waals surface area contributed by atoms with Crippen LogP contribution in [0, 0.1) is 19.8 Å². The van der Waals surface area contributed by atoms with Gasteiger partial charge in [-0.25, -0.2) is 0 Å². The first-order chi connectivity index (χ1) is 17.5. The molecule has 36 heavy (non-hydrogen) atoms. The lowest BCUT2D eigenvalue weighted by Gasteiger charge is -2.36. The first kappa shape index (κ1) is 24.9. The lowest BCUT2D eigenvalue weighted by Crippen LogP contribution is -2.42. The molecule has 0 bridgehead atoms. The van der Waals surface area contributed by atoms with E-state index < -0.39 is 0 Å². The molecule has 1 amide bonds. The largest absolute Gasteiger partial charge is 0.381 e. The van der Waals surface area contributed by atoms with E-state index in [0.717, 1.165) is 73.5 Å². The molecule has 1 aliphatic carbocycles. The maximum absolute atomic E-state index is 13.3. The van der Waals surface area contributed by atoms with E-state index in [-0.39, 0.29) is 11.9 Å². The summed E-state index contributed by atoms with van der Waals surface area (Å²) in [5.74, 6) is 0.723. The van der Waals surface area contributed by atoms with Crippen LogP contribution >= 0.6 is 0 Å². The molecule has 2 aliphatic rings. The normalized spacial score (nSPS) is 21.1. The van der Waals surface area contributed by atoms with Gasteiger partial charge in [0.15, 0.2) is 0 Å². The molecular formula is C31H39N3O2. The Morgan fingerprint density at radius 3 is 2.36 bits per heavy atom. The minimum Gasteiger partial charge on any atom is -0.381 e. The minimum atomic E-state index is 0.00501. The third-order valence-electron chi connectivity index (χ3n) is 8.18. The van der Waals surface area contributed by atoms with Gasteiger partial charge in [-0.1, -0.05) is 35.9 Å². The Hall–Kier alpha value is -2.76. The van der Waals surface area contributed by atoms with Crippen LogP contribution < -0.4 is 5.32 Å². The van der Waals surface area contributed by atoms with Crippen molar-refractivity contribution in [2.45, 2.75) is 64.5 Å². The number of aromatic nitrogens is 1. The Morgan fingerprint density at radius 1 is 0.944 bits per heavy atom. The van der Waals surface area contributed by atoms with Crippen LogP contribution in [0.25, 0.3) is 22.0 Å². The number of hydrogen-bond donors (Lipinski definition) is 1. The molecule has 1 saturated heterocycles. The van der Waals surface area contributed by atoms with Crippen molar-refractivity contribution in [2.75, 3.05) is 26.8 Å². The molecule has 0 spiro atoms. The van der Waals surface area contributed by atoms with E-state index in [0.29, 0.717) is 11.6 Å². The lowest BCUT2D eigenvalue weighted by molar-refractivity contribution is 0.0356. The van der Waals surface area contributed by atoms with Crippen molar-refractivity contribution in [3.05, 3.63) is 65.4 Å². The number of fused-ring (bicyclic) bond motifs is 1. The van der Waals surface area contributed by atoms with Crippen molar-refractivity contribution >= 4 is 16.8 Å². The smallest absolute Gasteiger partial charge is 0.253 e. The summed E-state index contributed by atoms with van der Waals surface area (Å²) in [6.07, 6.45) is 6.74. The number of amides is 1. The second-order valence-electron chi connectivity index (χ2n) is 10.9. The summed E-state index contributed by atoms with van der Waals surface area (Å²) in [5, 5.41) is 4.32. The van der Waals surface area contributed by atoms with Gasteiger partial charge in [-0.15, -0.1) is 0 Å². The molecule has 1 aromatic heterocycles. The number of rotatable bonds is 6. The lowest BCUT2D eigenvalue weighted by atomic mass is 9.85. The number of hydrogen-bond acceptors (Lipinski definition) is 4. The maximum atomic E-state index is 13.3. The van der Waals surface area contributed by atoms with E-state index in [4.69, 9.17) is 9.72 Å². The van der Waals surface area contributed by atoms with Gasteiger partial charge in [0, 0.05) is 37.2 Å². The Balaban J connectivity index is 1.21. The quantitative estimate of drug-likeness (QED) is 0.471. The molecule has 1 saturated carbocycles. The molecule has 0 atom stereocenters. The van der Waals surface area contributed by atoms with Gasteiger partial charge >= 0.3 is 0 Å². The van der Waals surface area contributed by atoms with E-state index >= 15 is 0 Å². The van der Waals surface area contributed by atoms with Crippen LogP contribution in [0.3, 0.4) is 0 Å². The highest BCUT2D eigenvalue weighted by Crippen LogP contribution is 2.28. The van der Waals surface area contributed by atoms with Crippen molar-refractivity contribution < 1.29 is 9.53 Å². The van der Waals surface area contributed by atoms with Crippen LogP contribution in [0.5, 0.6) is 0 Å². The van der Waals surface area contributed by atoms with Crippen molar-refractivity contribution in [3.63, 3.8) is 0 Å². The Labute approximate surface area is 215 Å². The first-order valence-corrected chi connectivity index (χ1v) is 13.5. The average molecular weight is 486 g/mol. The van der Waals surface area contributed by atoms with Crippen molar-refractivity contribution in [1.82, 2.24) is 15.2 Å². The number of ether oxygens (including phenoxy) is 1. The second kappa shape index (κ2) is 11.1. The zero-order valence-corrected chi connectivity index (χ0v) is 21.9. The monoisotopic (exact) mass is 485 g/mol. The van der Waals surface area contributed by atoms with E-state index in [9.17, 15) is 4.79 Å². The molecule has 5 nitrogen and oxygen atoms in total. The number of nitrogens with one attached hydrogen (secondary N) is 1. The third kappa shape index (κ3) is 5.79. The zero-order valence-electron chi connectivity index (χ0n) is 21.9. The number of aryl methyl sites for hydroxylation is 2. The highest BCUT2D eigenvalue weighted by atomic mass is 16.5. The van der Waals surface area contributed by atoms with Gasteiger partial charge in [0.05, 0.1) is 16.8 Å². The Bertz CT molecular complexity index is 1190. The summed E-state index contributed by atoms with van der Waals surface area (Å²) in [5.41, 5.74) is 5.96. The van der Waals surface area contributed by atoms with Crippen LogP contribution in [0.4, 0.5) is 0 Å². The molecule has 5 rings (SSSR count). The molecule has 3 aromatic rings. The fourth-order valence-electron chi connectivity index (χ4n) is 5.86. The maximum Gasteiger partial charge on any atom is 0.253 e. The molecule has 5 heteroatoms. The van der Waals surface area contributed by atoms with Crippen molar-refractivity contribution in [2.24, 2.45) is 5.92 Å². The topological polar surface area (TPSA) is 54.5 Å². The van der Waals surface area contributed by atoms with Gasteiger partial charge in [-0.2, -0.15) is 0 Å². The number of benzene rings is 2. The fraction of sp³-hybridized carbons (Fsp3) is 0.484. The SMILES string of the molecule is Cc1ccc(-c2ccc3nc(C)c(C(=O)N[C@H]4CC[C@H](CN(C)C5CCOCC5)CC4)cc3c2)cc1. The molecule has 2 fully saturated rings. The van der Waals surface area contributed by atoms with Crippen LogP contribution in [-0.2, 0) is 4.74 Å². The summed E-state index contributed by atoms with van der Waals surface area (Å²) in [4.78, 5) is 20.6. The number of carbonyl (C=O) groups excluding carboxylic acids is 1. The van der Waals surface area contributed by atoms with Gasteiger partial charge < -0.3 is 15.0 Å². The third-order valence-corrected chi connectivity index (χ3v) is 8.18. The van der Waals surface area contributed by atoms with Crippen molar-refractivity contribution in [1.29, 1.82) is 0 Å². The second-order valence-corrected chi connectivity index (χ2v) is 10.9. The molecule has 0 unspecified atom stereocenters. The van der Waals surface area contributed by atoms with E-state index in [2.05, 4.69) is 66.7 Å². The Kier molecular flexibility index (Phi) is 7.68.